The van der Waals surface area contributed by atoms with Crippen molar-refractivity contribution in [1.29, 1.82) is 0 Å². The first-order chi connectivity index (χ1) is 10.3. The normalized spacial score (nSPS) is 12.2. The number of carbonyl (C=O) groups is 2. The van der Waals surface area contributed by atoms with E-state index in [0.29, 0.717) is 11.3 Å². The Balaban J connectivity index is 2.03. The molecule has 118 valence electrons. The average Bonchev–Trinajstić information content (AvgIpc) is 3.01. The van der Waals surface area contributed by atoms with Gasteiger partial charge in [0.25, 0.3) is 5.91 Å². The molecule has 22 heavy (non-hydrogen) atoms. The van der Waals surface area contributed by atoms with Crippen molar-refractivity contribution in [3.05, 3.63) is 38.8 Å². The SMILES string of the molecule is Cc1nn(C)c(C)c1CC(C)NC(=O)c1ccc(C(=O)O)s1. The van der Waals surface area contributed by atoms with Crippen LogP contribution in [0.5, 0.6) is 0 Å². The molecule has 2 N–H and O–H groups in total. The van der Waals surface area contributed by atoms with E-state index in [0.717, 1.165) is 28.3 Å². The number of amides is 1. The number of carbonyl (C=O) groups excluding carboxylic acids is 1. The summed E-state index contributed by atoms with van der Waals surface area (Å²) >= 11 is 0.980. The molecule has 2 rings (SSSR count). The monoisotopic (exact) mass is 321 g/mol. The molecule has 1 amide bonds. The second-order valence-corrected chi connectivity index (χ2v) is 6.40. The number of thiophene rings is 1. The van der Waals surface area contributed by atoms with E-state index >= 15 is 0 Å². The lowest BCUT2D eigenvalue weighted by Gasteiger charge is -2.13. The fourth-order valence-corrected chi connectivity index (χ4v) is 3.09. The lowest BCUT2D eigenvalue weighted by molar-refractivity contribution is 0.0702. The summed E-state index contributed by atoms with van der Waals surface area (Å²) in [6, 6.07) is 2.92. The largest absolute Gasteiger partial charge is 0.477 e. The molecule has 0 spiro atoms. The van der Waals surface area contributed by atoms with Crippen LogP contribution in [0.25, 0.3) is 0 Å². The zero-order valence-electron chi connectivity index (χ0n) is 13.0. The highest BCUT2D eigenvalue weighted by Gasteiger charge is 2.17. The lowest BCUT2D eigenvalue weighted by Crippen LogP contribution is -2.33. The molecule has 0 saturated heterocycles. The lowest BCUT2D eigenvalue weighted by atomic mass is 10.1. The Hall–Kier alpha value is -2.15. The Morgan fingerprint density at radius 2 is 2.00 bits per heavy atom. The van der Waals surface area contributed by atoms with E-state index in [1.807, 2.05) is 32.5 Å². The smallest absolute Gasteiger partial charge is 0.345 e. The second kappa shape index (κ2) is 6.31. The van der Waals surface area contributed by atoms with Crippen molar-refractivity contribution >= 4 is 23.2 Å². The second-order valence-electron chi connectivity index (χ2n) is 5.32. The first-order valence-electron chi connectivity index (χ1n) is 6.92. The molecule has 0 fully saturated rings. The number of rotatable bonds is 5. The summed E-state index contributed by atoms with van der Waals surface area (Å²) in [5.74, 6) is -1.26. The summed E-state index contributed by atoms with van der Waals surface area (Å²) in [5, 5.41) is 16.2. The maximum atomic E-state index is 12.1. The Morgan fingerprint density at radius 3 is 2.50 bits per heavy atom. The number of hydrogen-bond donors (Lipinski definition) is 2. The Kier molecular flexibility index (Phi) is 4.65. The van der Waals surface area contributed by atoms with Crippen molar-refractivity contribution in [3.63, 3.8) is 0 Å². The minimum atomic E-state index is -1.02. The number of nitrogens with one attached hydrogen (secondary N) is 1. The number of nitrogens with zero attached hydrogens (tertiary/aromatic N) is 2. The van der Waals surface area contributed by atoms with Gasteiger partial charge in [0.15, 0.2) is 0 Å². The predicted octanol–water partition coefficient (Wildman–Crippen LogP) is 2.16. The van der Waals surface area contributed by atoms with Crippen molar-refractivity contribution in [2.75, 3.05) is 0 Å². The molecule has 0 bridgehead atoms. The third-order valence-electron chi connectivity index (χ3n) is 3.59. The van der Waals surface area contributed by atoms with Crippen molar-refractivity contribution in [3.8, 4) is 0 Å². The first-order valence-corrected chi connectivity index (χ1v) is 7.74. The van der Waals surface area contributed by atoms with E-state index in [1.165, 1.54) is 12.1 Å². The molecular weight excluding hydrogens is 302 g/mol. The van der Waals surface area contributed by atoms with Gasteiger partial charge in [0.2, 0.25) is 0 Å². The van der Waals surface area contributed by atoms with Crippen molar-refractivity contribution in [2.24, 2.45) is 7.05 Å². The highest BCUT2D eigenvalue weighted by molar-refractivity contribution is 7.15. The van der Waals surface area contributed by atoms with Crippen molar-refractivity contribution in [1.82, 2.24) is 15.1 Å². The molecule has 6 nitrogen and oxygen atoms in total. The van der Waals surface area contributed by atoms with Gasteiger partial charge < -0.3 is 10.4 Å². The summed E-state index contributed by atoms with van der Waals surface area (Å²) in [6.45, 7) is 5.88. The van der Waals surface area contributed by atoms with E-state index in [-0.39, 0.29) is 16.8 Å². The van der Waals surface area contributed by atoms with Gasteiger partial charge in [-0.2, -0.15) is 5.10 Å². The molecule has 0 aliphatic rings. The molecule has 0 aliphatic heterocycles. The van der Waals surface area contributed by atoms with Gasteiger partial charge in [-0.05, 0) is 44.9 Å². The summed E-state index contributed by atoms with van der Waals surface area (Å²) in [4.78, 5) is 23.6. The van der Waals surface area contributed by atoms with Gasteiger partial charge in [0.05, 0.1) is 10.6 Å². The quantitative estimate of drug-likeness (QED) is 0.884. The molecule has 2 aromatic heterocycles. The van der Waals surface area contributed by atoms with Crippen LogP contribution in [0.15, 0.2) is 12.1 Å². The summed E-state index contributed by atoms with van der Waals surface area (Å²) in [6.07, 6.45) is 0.689. The third-order valence-corrected chi connectivity index (χ3v) is 4.66. The predicted molar refractivity (Wildman–Crippen MR) is 84.6 cm³/mol. The Bertz CT molecular complexity index is 718. The molecule has 0 aliphatic carbocycles. The average molecular weight is 321 g/mol. The fraction of sp³-hybridized carbons (Fsp3) is 0.400. The highest BCUT2D eigenvalue weighted by Crippen LogP contribution is 2.18. The van der Waals surface area contributed by atoms with Gasteiger partial charge in [0, 0.05) is 18.8 Å². The number of aromatic nitrogens is 2. The highest BCUT2D eigenvalue weighted by atomic mass is 32.1. The van der Waals surface area contributed by atoms with E-state index in [4.69, 9.17) is 5.11 Å². The van der Waals surface area contributed by atoms with Gasteiger partial charge in [-0.15, -0.1) is 11.3 Å². The molecule has 0 aromatic carbocycles. The molecule has 0 radical (unpaired) electrons. The first kappa shape index (κ1) is 16.2. The molecule has 7 heteroatoms. The Labute approximate surface area is 132 Å². The van der Waals surface area contributed by atoms with Gasteiger partial charge in [0.1, 0.15) is 4.88 Å². The van der Waals surface area contributed by atoms with Gasteiger partial charge in [-0.3, -0.25) is 9.48 Å². The number of aromatic carboxylic acids is 1. The van der Waals surface area contributed by atoms with Crippen LogP contribution >= 0.6 is 11.3 Å². The number of hydrogen-bond acceptors (Lipinski definition) is 4. The summed E-state index contributed by atoms with van der Waals surface area (Å²) < 4.78 is 1.83. The van der Waals surface area contributed by atoms with Crippen molar-refractivity contribution < 1.29 is 14.7 Å². The zero-order valence-corrected chi connectivity index (χ0v) is 13.8. The number of carboxylic acid groups (broad SMARTS) is 1. The molecule has 0 saturated carbocycles. The van der Waals surface area contributed by atoms with Gasteiger partial charge in [-0.25, -0.2) is 4.79 Å². The fourth-order valence-electron chi connectivity index (χ4n) is 2.34. The standard InChI is InChI=1S/C15H19N3O3S/c1-8(7-11-9(2)17-18(4)10(11)3)16-14(19)12-5-6-13(22-12)15(20)21/h5-6,8H,7H2,1-4H3,(H,16,19)(H,20,21). The minimum absolute atomic E-state index is 0.0653. The molecular formula is C15H19N3O3S. The maximum absolute atomic E-state index is 12.1. The minimum Gasteiger partial charge on any atom is -0.477 e. The van der Waals surface area contributed by atoms with Gasteiger partial charge in [-0.1, -0.05) is 0 Å². The van der Waals surface area contributed by atoms with Crippen LogP contribution in [0.3, 0.4) is 0 Å². The van der Waals surface area contributed by atoms with E-state index in [9.17, 15) is 9.59 Å². The number of aryl methyl sites for hydroxylation is 2. The number of carboxylic acids is 1. The molecule has 2 heterocycles. The van der Waals surface area contributed by atoms with Crippen LogP contribution < -0.4 is 5.32 Å². The summed E-state index contributed by atoms with van der Waals surface area (Å²) in [7, 11) is 1.90. The maximum Gasteiger partial charge on any atom is 0.345 e. The van der Waals surface area contributed by atoms with Crippen LogP contribution in [0.2, 0.25) is 0 Å². The topological polar surface area (TPSA) is 84.2 Å². The molecule has 1 unspecified atom stereocenters. The van der Waals surface area contributed by atoms with Crippen LogP contribution in [0.4, 0.5) is 0 Å². The Morgan fingerprint density at radius 1 is 1.36 bits per heavy atom. The molecule has 2 aromatic rings. The van der Waals surface area contributed by atoms with Crippen LogP contribution in [-0.2, 0) is 13.5 Å². The van der Waals surface area contributed by atoms with Crippen LogP contribution in [0, 0.1) is 13.8 Å². The summed E-state index contributed by atoms with van der Waals surface area (Å²) in [5.41, 5.74) is 3.18. The zero-order chi connectivity index (χ0) is 16.4. The van der Waals surface area contributed by atoms with E-state index in [1.54, 1.807) is 0 Å². The van der Waals surface area contributed by atoms with Crippen LogP contribution in [0.1, 0.15) is 43.2 Å². The van der Waals surface area contributed by atoms with Gasteiger partial charge >= 0.3 is 5.97 Å². The van der Waals surface area contributed by atoms with E-state index < -0.39 is 5.97 Å². The van der Waals surface area contributed by atoms with E-state index in [2.05, 4.69) is 10.4 Å². The molecule has 1 atom stereocenters. The van der Waals surface area contributed by atoms with Crippen LogP contribution in [-0.4, -0.2) is 32.8 Å². The third kappa shape index (κ3) is 3.36. The van der Waals surface area contributed by atoms with Crippen molar-refractivity contribution in [2.45, 2.75) is 33.2 Å².